The molecule has 0 unspecified atom stereocenters. The maximum atomic E-state index is 11.2. The average Bonchev–Trinajstić information content (AvgIpc) is 2.80. The Labute approximate surface area is 97.9 Å². The van der Waals surface area contributed by atoms with E-state index < -0.39 is 30.6 Å². The molecule has 2 aliphatic rings. The largest absolute Gasteiger partial charge is 0.461 e. The first-order chi connectivity index (χ1) is 8.25. The van der Waals surface area contributed by atoms with Gasteiger partial charge in [-0.1, -0.05) is 30.3 Å². The van der Waals surface area contributed by atoms with Gasteiger partial charge in [0.2, 0.25) is 0 Å². The fourth-order valence-corrected chi connectivity index (χ4v) is 2.06. The van der Waals surface area contributed by atoms with Crippen LogP contribution in [0.3, 0.4) is 0 Å². The monoisotopic (exact) mass is 236 g/mol. The van der Waals surface area contributed by atoms with Crippen molar-refractivity contribution >= 4 is 5.97 Å². The molecule has 2 heterocycles. The van der Waals surface area contributed by atoms with E-state index in [4.69, 9.17) is 14.2 Å². The van der Waals surface area contributed by atoms with E-state index in [1.807, 2.05) is 30.3 Å². The highest BCUT2D eigenvalue weighted by molar-refractivity contribution is 5.76. The molecule has 0 bridgehead atoms. The van der Waals surface area contributed by atoms with E-state index in [0.717, 1.165) is 5.56 Å². The molecule has 2 aliphatic heterocycles. The number of esters is 1. The molecule has 4 atom stereocenters. The van der Waals surface area contributed by atoms with Crippen molar-refractivity contribution < 1.29 is 24.1 Å². The highest BCUT2D eigenvalue weighted by Crippen LogP contribution is 2.34. The molecule has 0 aliphatic carbocycles. The maximum Gasteiger partial charge on any atom is 0.337 e. The molecule has 90 valence electrons. The van der Waals surface area contributed by atoms with Crippen LogP contribution < -0.4 is 0 Å². The summed E-state index contributed by atoms with van der Waals surface area (Å²) in [6.45, 7) is 0.129. The molecule has 5 heteroatoms. The highest BCUT2D eigenvalue weighted by Gasteiger charge is 2.48. The fraction of sp³-hybridized carbons (Fsp3) is 0.417. The number of benzene rings is 1. The molecule has 0 amide bonds. The van der Waals surface area contributed by atoms with Gasteiger partial charge in [0, 0.05) is 5.56 Å². The number of cyclic esters (lactones) is 1. The van der Waals surface area contributed by atoms with Gasteiger partial charge in [-0.25, -0.2) is 4.79 Å². The van der Waals surface area contributed by atoms with Gasteiger partial charge in [-0.05, 0) is 0 Å². The summed E-state index contributed by atoms with van der Waals surface area (Å²) in [5, 5.41) is 9.63. The van der Waals surface area contributed by atoms with Gasteiger partial charge in [-0.15, -0.1) is 0 Å². The summed E-state index contributed by atoms with van der Waals surface area (Å²) < 4.78 is 16.0. The third-order valence-electron chi connectivity index (χ3n) is 2.96. The molecule has 3 rings (SSSR count). The van der Waals surface area contributed by atoms with Crippen LogP contribution in [0.2, 0.25) is 0 Å². The van der Waals surface area contributed by atoms with Gasteiger partial charge in [0.05, 0.1) is 0 Å². The summed E-state index contributed by atoms with van der Waals surface area (Å²) >= 11 is 0. The van der Waals surface area contributed by atoms with E-state index in [2.05, 4.69) is 0 Å². The topological polar surface area (TPSA) is 65.0 Å². The van der Waals surface area contributed by atoms with Gasteiger partial charge in [-0.2, -0.15) is 0 Å². The van der Waals surface area contributed by atoms with Crippen molar-refractivity contribution in [1.29, 1.82) is 0 Å². The molecule has 2 fully saturated rings. The Hall–Kier alpha value is -1.43. The normalized spacial score (nSPS) is 36.4. The highest BCUT2D eigenvalue weighted by atomic mass is 16.7. The Balaban J connectivity index is 1.79. The number of fused-ring (bicyclic) bond motifs is 1. The fourth-order valence-electron chi connectivity index (χ4n) is 2.06. The standard InChI is InChI=1S/C12H12O5/c13-9-10-8(6-15-11(9)14)16-12(17-10)7-4-2-1-3-5-7/h1-5,8-10,12-13H,6H2/t8-,9-,10-,12-/m0/s1. The van der Waals surface area contributed by atoms with Crippen LogP contribution in [0.5, 0.6) is 0 Å². The number of aliphatic hydroxyl groups is 1. The van der Waals surface area contributed by atoms with Crippen LogP contribution in [-0.2, 0) is 19.0 Å². The van der Waals surface area contributed by atoms with Crippen molar-refractivity contribution in [3.63, 3.8) is 0 Å². The molecule has 5 nitrogen and oxygen atoms in total. The molecule has 0 radical (unpaired) electrons. The Kier molecular flexibility index (Phi) is 2.58. The first-order valence-corrected chi connectivity index (χ1v) is 5.46. The lowest BCUT2D eigenvalue weighted by Gasteiger charge is -2.25. The van der Waals surface area contributed by atoms with Gasteiger partial charge in [0.15, 0.2) is 12.4 Å². The third-order valence-corrected chi connectivity index (χ3v) is 2.96. The van der Waals surface area contributed by atoms with Crippen LogP contribution in [0, 0.1) is 0 Å². The lowest BCUT2D eigenvalue weighted by molar-refractivity contribution is -0.173. The number of rotatable bonds is 1. The Morgan fingerprint density at radius 1 is 1.18 bits per heavy atom. The number of hydrogen-bond donors (Lipinski definition) is 1. The minimum Gasteiger partial charge on any atom is -0.461 e. The molecule has 1 aromatic rings. The predicted octanol–water partition coefficient (Wildman–Crippen LogP) is 0.387. The predicted molar refractivity (Wildman–Crippen MR) is 55.9 cm³/mol. The van der Waals surface area contributed by atoms with Crippen molar-refractivity contribution in [1.82, 2.24) is 0 Å². The van der Waals surface area contributed by atoms with Gasteiger partial charge in [0.25, 0.3) is 0 Å². The van der Waals surface area contributed by atoms with Crippen molar-refractivity contribution in [2.24, 2.45) is 0 Å². The first kappa shape index (κ1) is 10.7. The van der Waals surface area contributed by atoms with Crippen LogP contribution in [0.4, 0.5) is 0 Å². The van der Waals surface area contributed by atoms with Gasteiger partial charge in [0.1, 0.15) is 18.8 Å². The second-order valence-electron chi connectivity index (χ2n) is 4.09. The van der Waals surface area contributed by atoms with E-state index in [9.17, 15) is 9.90 Å². The molecule has 0 spiro atoms. The van der Waals surface area contributed by atoms with Crippen LogP contribution in [-0.4, -0.2) is 36.0 Å². The van der Waals surface area contributed by atoms with E-state index in [0.29, 0.717) is 0 Å². The van der Waals surface area contributed by atoms with E-state index >= 15 is 0 Å². The van der Waals surface area contributed by atoms with Crippen LogP contribution in [0.1, 0.15) is 11.9 Å². The van der Waals surface area contributed by atoms with E-state index in [-0.39, 0.29) is 6.61 Å². The van der Waals surface area contributed by atoms with Crippen LogP contribution in [0.15, 0.2) is 30.3 Å². The van der Waals surface area contributed by atoms with Gasteiger partial charge in [-0.3, -0.25) is 0 Å². The second kappa shape index (κ2) is 4.10. The van der Waals surface area contributed by atoms with Gasteiger partial charge < -0.3 is 19.3 Å². The van der Waals surface area contributed by atoms with Crippen molar-refractivity contribution in [2.75, 3.05) is 6.61 Å². The number of hydrogen-bond acceptors (Lipinski definition) is 5. The molecular weight excluding hydrogens is 224 g/mol. The van der Waals surface area contributed by atoms with Crippen molar-refractivity contribution in [2.45, 2.75) is 24.6 Å². The lowest BCUT2D eigenvalue weighted by atomic mass is 10.1. The molecule has 0 aromatic heterocycles. The van der Waals surface area contributed by atoms with E-state index in [1.165, 1.54) is 0 Å². The zero-order valence-corrected chi connectivity index (χ0v) is 8.98. The zero-order chi connectivity index (χ0) is 11.8. The number of carbonyl (C=O) groups excluding carboxylic acids is 1. The zero-order valence-electron chi connectivity index (χ0n) is 8.98. The SMILES string of the molecule is O=C1OC[C@@H]2O[C@H](c3ccccc3)O[C@@H]2[C@@H]1O. The third kappa shape index (κ3) is 1.82. The lowest BCUT2D eigenvalue weighted by Crippen LogP contribution is -2.48. The van der Waals surface area contributed by atoms with Crippen molar-refractivity contribution in [3.05, 3.63) is 35.9 Å². The second-order valence-corrected chi connectivity index (χ2v) is 4.09. The molecule has 1 aromatic carbocycles. The summed E-state index contributed by atoms with van der Waals surface area (Å²) in [6.07, 6.45) is -2.84. The molecular formula is C12H12O5. The van der Waals surface area contributed by atoms with E-state index in [1.54, 1.807) is 0 Å². The Bertz CT molecular complexity index is 418. The number of ether oxygens (including phenoxy) is 3. The van der Waals surface area contributed by atoms with Gasteiger partial charge >= 0.3 is 5.97 Å². The van der Waals surface area contributed by atoms with Crippen LogP contribution >= 0.6 is 0 Å². The Morgan fingerprint density at radius 2 is 1.94 bits per heavy atom. The minimum absolute atomic E-state index is 0.129. The summed E-state index contributed by atoms with van der Waals surface area (Å²) in [7, 11) is 0. The summed E-state index contributed by atoms with van der Waals surface area (Å²) in [5.74, 6) is -0.649. The molecule has 2 saturated heterocycles. The maximum absolute atomic E-state index is 11.2. The first-order valence-electron chi connectivity index (χ1n) is 5.46. The average molecular weight is 236 g/mol. The number of carbonyl (C=O) groups is 1. The smallest absolute Gasteiger partial charge is 0.337 e. The quantitative estimate of drug-likeness (QED) is 0.714. The Morgan fingerprint density at radius 3 is 2.71 bits per heavy atom. The summed E-state index contributed by atoms with van der Waals surface area (Å²) in [4.78, 5) is 11.2. The summed E-state index contributed by atoms with van der Waals surface area (Å²) in [5.41, 5.74) is 0.863. The minimum atomic E-state index is -1.26. The molecule has 1 N–H and O–H groups in total. The summed E-state index contributed by atoms with van der Waals surface area (Å²) in [6, 6.07) is 9.39. The van der Waals surface area contributed by atoms with Crippen LogP contribution in [0.25, 0.3) is 0 Å². The van der Waals surface area contributed by atoms with Crippen molar-refractivity contribution in [3.8, 4) is 0 Å². The number of aliphatic hydroxyl groups excluding tert-OH is 1. The molecule has 0 saturated carbocycles. The molecule has 17 heavy (non-hydrogen) atoms.